The number of rotatable bonds is 6. The molecule has 1 aromatic heterocycles. The maximum atomic E-state index is 12.1. The van der Waals surface area contributed by atoms with Crippen molar-refractivity contribution in [3.8, 4) is 5.75 Å². The Balaban J connectivity index is 1.80. The van der Waals surface area contributed by atoms with Gasteiger partial charge < -0.3 is 19.3 Å². The van der Waals surface area contributed by atoms with E-state index in [2.05, 4.69) is 22.0 Å². The summed E-state index contributed by atoms with van der Waals surface area (Å²) in [6.45, 7) is 6.94. The van der Waals surface area contributed by atoms with E-state index in [1.54, 1.807) is 14.2 Å². The van der Waals surface area contributed by atoms with Crippen LogP contribution >= 0.6 is 0 Å². The van der Waals surface area contributed by atoms with Gasteiger partial charge in [-0.2, -0.15) is 0 Å². The topological polar surface area (TPSA) is 67.8 Å². The van der Waals surface area contributed by atoms with E-state index in [4.69, 9.17) is 14.5 Å². The van der Waals surface area contributed by atoms with E-state index in [0.717, 1.165) is 48.2 Å². The van der Waals surface area contributed by atoms with Crippen LogP contribution in [0, 0.1) is 13.8 Å². The van der Waals surface area contributed by atoms with Gasteiger partial charge in [0.1, 0.15) is 24.0 Å². The van der Waals surface area contributed by atoms with E-state index < -0.39 is 0 Å². The van der Waals surface area contributed by atoms with Crippen molar-refractivity contribution < 1.29 is 14.3 Å². The van der Waals surface area contributed by atoms with Crippen LogP contribution < -0.4 is 9.64 Å². The number of hydrogen-bond acceptors (Lipinski definition) is 6. The first kappa shape index (κ1) is 20.1. The van der Waals surface area contributed by atoms with Crippen LogP contribution in [0.1, 0.15) is 22.6 Å². The molecule has 7 nitrogen and oxygen atoms in total. The van der Waals surface area contributed by atoms with Gasteiger partial charge in [-0.3, -0.25) is 4.79 Å². The van der Waals surface area contributed by atoms with Crippen LogP contribution in [0.2, 0.25) is 0 Å². The number of ether oxygens (including phenoxy) is 2. The van der Waals surface area contributed by atoms with Crippen LogP contribution in [0.25, 0.3) is 0 Å². The number of anilines is 1. The van der Waals surface area contributed by atoms with E-state index >= 15 is 0 Å². The smallest absolute Gasteiger partial charge is 0.248 e. The van der Waals surface area contributed by atoms with Crippen LogP contribution in [0.5, 0.6) is 5.75 Å². The van der Waals surface area contributed by atoms with Crippen molar-refractivity contribution in [1.82, 2.24) is 14.9 Å². The van der Waals surface area contributed by atoms with Crippen LogP contribution in [0.15, 0.2) is 24.3 Å². The van der Waals surface area contributed by atoms with Gasteiger partial charge in [-0.25, -0.2) is 9.97 Å². The summed E-state index contributed by atoms with van der Waals surface area (Å²) in [4.78, 5) is 25.5. The Hall–Kier alpha value is -2.67. The van der Waals surface area contributed by atoms with Gasteiger partial charge in [0.05, 0.1) is 7.11 Å². The molecular weight excluding hydrogens is 356 g/mol. The fourth-order valence-corrected chi connectivity index (χ4v) is 3.52. The summed E-state index contributed by atoms with van der Waals surface area (Å²) in [5, 5.41) is 0. The van der Waals surface area contributed by atoms with E-state index in [-0.39, 0.29) is 12.5 Å². The molecule has 0 unspecified atom stereocenters. The van der Waals surface area contributed by atoms with Crippen LogP contribution in [0.3, 0.4) is 0 Å². The number of hydrogen-bond donors (Lipinski definition) is 0. The maximum absolute atomic E-state index is 12.1. The van der Waals surface area contributed by atoms with Crippen molar-refractivity contribution in [2.75, 3.05) is 51.9 Å². The standard InChI is InChI=1S/C21H28N4O3/c1-15-19(13-17-5-7-18(28-4)8-6-17)21(23-16(2)22-15)25-11-9-24(10-12-25)20(26)14-27-3/h5-8H,9-14H2,1-4H3. The predicted molar refractivity (Wildman–Crippen MR) is 108 cm³/mol. The lowest BCUT2D eigenvalue weighted by Crippen LogP contribution is -2.50. The lowest BCUT2D eigenvalue weighted by molar-refractivity contribution is -0.135. The number of aromatic nitrogens is 2. The molecule has 0 spiro atoms. The Morgan fingerprint density at radius 3 is 2.32 bits per heavy atom. The Kier molecular flexibility index (Phi) is 6.46. The normalized spacial score (nSPS) is 14.3. The monoisotopic (exact) mass is 384 g/mol. The average Bonchev–Trinajstić information content (AvgIpc) is 2.70. The van der Waals surface area contributed by atoms with Gasteiger partial charge in [-0.1, -0.05) is 12.1 Å². The number of piperazine rings is 1. The molecule has 2 aromatic rings. The minimum absolute atomic E-state index is 0.0376. The van der Waals surface area contributed by atoms with Crippen molar-refractivity contribution in [2.45, 2.75) is 20.3 Å². The van der Waals surface area contributed by atoms with Crippen molar-refractivity contribution in [3.63, 3.8) is 0 Å². The fourth-order valence-electron chi connectivity index (χ4n) is 3.52. The van der Waals surface area contributed by atoms with E-state index in [9.17, 15) is 4.79 Å². The van der Waals surface area contributed by atoms with Gasteiger partial charge in [-0.15, -0.1) is 0 Å². The van der Waals surface area contributed by atoms with E-state index in [1.165, 1.54) is 5.56 Å². The number of nitrogens with zero attached hydrogens (tertiary/aromatic N) is 4. The van der Waals surface area contributed by atoms with Crippen LogP contribution in [0.4, 0.5) is 5.82 Å². The molecule has 1 amide bonds. The minimum atomic E-state index is 0.0376. The van der Waals surface area contributed by atoms with Crippen molar-refractivity contribution >= 4 is 11.7 Å². The van der Waals surface area contributed by atoms with Gasteiger partial charge in [0.25, 0.3) is 0 Å². The number of aryl methyl sites for hydroxylation is 2. The molecule has 1 aliphatic rings. The maximum Gasteiger partial charge on any atom is 0.248 e. The number of carbonyl (C=O) groups is 1. The van der Waals surface area contributed by atoms with Crippen molar-refractivity contribution in [1.29, 1.82) is 0 Å². The summed E-state index contributed by atoms with van der Waals surface area (Å²) in [5.41, 5.74) is 3.31. The Bertz CT molecular complexity index is 815. The largest absolute Gasteiger partial charge is 0.497 e. The molecule has 0 saturated carbocycles. The quantitative estimate of drug-likeness (QED) is 0.759. The first-order valence-corrected chi connectivity index (χ1v) is 9.50. The second-order valence-corrected chi connectivity index (χ2v) is 6.98. The Morgan fingerprint density at radius 1 is 1.04 bits per heavy atom. The Morgan fingerprint density at radius 2 is 1.71 bits per heavy atom. The highest BCUT2D eigenvalue weighted by Gasteiger charge is 2.24. The second kappa shape index (κ2) is 9.01. The molecule has 0 atom stereocenters. The minimum Gasteiger partial charge on any atom is -0.497 e. The summed E-state index contributed by atoms with van der Waals surface area (Å²) >= 11 is 0. The molecule has 1 aliphatic heterocycles. The fraction of sp³-hybridized carbons (Fsp3) is 0.476. The first-order chi connectivity index (χ1) is 13.5. The van der Waals surface area contributed by atoms with Gasteiger partial charge in [0.15, 0.2) is 0 Å². The summed E-state index contributed by atoms with van der Waals surface area (Å²) in [6.07, 6.45) is 0.758. The van der Waals surface area contributed by atoms with Gasteiger partial charge in [0.2, 0.25) is 5.91 Å². The molecule has 3 rings (SSSR count). The predicted octanol–water partition coefficient (Wildman–Crippen LogP) is 1.99. The summed E-state index contributed by atoms with van der Waals surface area (Å²) in [5.74, 6) is 2.62. The SMILES string of the molecule is COCC(=O)N1CCN(c2nc(C)nc(C)c2Cc2ccc(OC)cc2)CC1. The van der Waals surface area contributed by atoms with E-state index in [1.807, 2.05) is 30.9 Å². The highest BCUT2D eigenvalue weighted by molar-refractivity contribution is 5.77. The van der Waals surface area contributed by atoms with Crippen LogP contribution in [-0.4, -0.2) is 67.8 Å². The molecule has 0 N–H and O–H groups in total. The zero-order valence-corrected chi connectivity index (χ0v) is 17.1. The van der Waals surface area contributed by atoms with Crippen molar-refractivity contribution in [3.05, 3.63) is 46.9 Å². The highest BCUT2D eigenvalue weighted by atomic mass is 16.5. The van der Waals surface area contributed by atoms with Gasteiger partial charge >= 0.3 is 0 Å². The molecule has 0 bridgehead atoms. The third-order valence-corrected chi connectivity index (χ3v) is 5.04. The second-order valence-electron chi connectivity index (χ2n) is 6.98. The number of benzene rings is 1. The number of amides is 1. The molecule has 1 aromatic carbocycles. The third-order valence-electron chi connectivity index (χ3n) is 5.04. The molecule has 28 heavy (non-hydrogen) atoms. The summed E-state index contributed by atoms with van der Waals surface area (Å²) in [7, 11) is 3.22. The zero-order chi connectivity index (χ0) is 20.1. The molecule has 0 radical (unpaired) electrons. The van der Waals surface area contributed by atoms with E-state index in [0.29, 0.717) is 13.1 Å². The van der Waals surface area contributed by atoms with Gasteiger partial charge in [-0.05, 0) is 31.5 Å². The number of carbonyl (C=O) groups excluding carboxylic acids is 1. The average molecular weight is 384 g/mol. The summed E-state index contributed by atoms with van der Waals surface area (Å²) < 4.78 is 10.2. The molecule has 0 aliphatic carbocycles. The lowest BCUT2D eigenvalue weighted by atomic mass is 10.0. The first-order valence-electron chi connectivity index (χ1n) is 9.50. The highest BCUT2D eigenvalue weighted by Crippen LogP contribution is 2.26. The van der Waals surface area contributed by atoms with Gasteiger partial charge in [0, 0.05) is 51.0 Å². The van der Waals surface area contributed by atoms with Crippen molar-refractivity contribution in [2.24, 2.45) is 0 Å². The third kappa shape index (κ3) is 4.59. The lowest BCUT2D eigenvalue weighted by Gasteiger charge is -2.36. The molecule has 150 valence electrons. The molecular formula is C21H28N4O3. The zero-order valence-electron chi connectivity index (χ0n) is 17.1. The molecule has 7 heteroatoms. The Labute approximate surface area is 166 Å². The molecule has 1 saturated heterocycles. The molecule has 2 heterocycles. The number of methoxy groups -OCH3 is 2. The van der Waals surface area contributed by atoms with Crippen LogP contribution in [-0.2, 0) is 16.0 Å². The molecule has 1 fully saturated rings. The summed E-state index contributed by atoms with van der Waals surface area (Å²) in [6, 6.07) is 8.09.